The molecule has 1 aliphatic carbocycles. The van der Waals surface area contributed by atoms with E-state index in [1.54, 1.807) is 0 Å². The highest BCUT2D eigenvalue weighted by Crippen LogP contribution is 2.30. The molecule has 3 aliphatic rings. The van der Waals surface area contributed by atoms with Gasteiger partial charge in [0.05, 0.1) is 0 Å². The number of hydrogen-bond acceptors (Lipinski definition) is 3. The van der Waals surface area contributed by atoms with Crippen molar-refractivity contribution in [2.24, 2.45) is 11.7 Å². The second-order valence-corrected chi connectivity index (χ2v) is 7.18. The highest BCUT2D eigenvalue weighted by atomic mass is 15.3. The van der Waals surface area contributed by atoms with Crippen molar-refractivity contribution in [3.05, 3.63) is 0 Å². The van der Waals surface area contributed by atoms with Crippen LogP contribution in [0.15, 0.2) is 0 Å². The van der Waals surface area contributed by atoms with E-state index in [1.165, 1.54) is 71.1 Å². The summed E-state index contributed by atoms with van der Waals surface area (Å²) in [5.74, 6) is 0.874. The van der Waals surface area contributed by atoms with Gasteiger partial charge in [-0.25, -0.2) is 0 Å². The van der Waals surface area contributed by atoms with Crippen molar-refractivity contribution in [1.29, 1.82) is 0 Å². The average molecular weight is 265 g/mol. The van der Waals surface area contributed by atoms with E-state index in [0.29, 0.717) is 12.1 Å². The second-order valence-electron chi connectivity index (χ2n) is 7.18. The first-order valence-corrected chi connectivity index (χ1v) is 8.47. The van der Waals surface area contributed by atoms with Gasteiger partial charge >= 0.3 is 0 Å². The van der Waals surface area contributed by atoms with Crippen LogP contribution in [0.3, 0.4) is 0 Å². The van der Waals surface area contributed by atoms with Crippen LogP contribution in [0, 0.1) is 5.92 Å². The van der Waals surface area contributed by atoms with Crippen molar-refractivity contribution in [2.45, 2.75) is 70.0 Å². The molecule has 19 heavy (non-hydrogen) atoms. The van der Waals surface area contributed by atoms with Crippen LogP contribution >= 0.6 is 0 Å². The third kappa shape index (κ3) is 3.14. The summed E-state index contributed by atoms with van der Waals surface area (Å²) in [6.07, 6.45) is 9.54. The fourth-order valence-corrected chi connectivity index (χ4v) is 4.45. The Morgan fingerprint density at radius 1 is 0.895 bits per heavy atom. The highest BCUT2D eigenvalue weighted by Gasteiger charge is 2.36. The fraction of sp³-hybridized carbons (Fsp3) is 1.00. The topological polar surface area (TPSA) is 32.5 Å². The SMILES string of the molecule is CC1CCC(N)C(N2CCC(N3CCCCC3)C2)C1. The van der Waals surface area contributed by atoms with Crippen LogP contribution in [0.4, 0.5) is 0 Å². The fourth-order valence-electron chi connectivity index (χ4n) is 4.45. The van der Waals surface area contributed by atoms with E-state index in [4.69, 9.17) is 5.73 Å². The molecule has 3 fully saturated rings. The minimum absolute atomic E-state index is 0.427. The molecule has 2 aliphatic heterocycles. The molecule has 0 aromatic rings. The first-order valence-electron chi connectivity index (χ1n) is 8.47. The molecule has 0 radical (unpaired) electrons. The van der Waals surface area contributed by atoms with Crippen molar-refractivity contribution < 1.29 is 0 Å². The summed E-state index contributed by atoms with van der Waals surface area (Å²) in [5.41, 5.74) is 6.39. The minimum atomic E-state index is 0.427. The van der Waals surface area contributed by atoms with Crippen LogP contribution in [0.5, 0.6) is 0 Å². The second kappa shape index (κ2) is 6.11. The molecule has 3 nitrogen and oxygen atoms in total. The predicted molar refractivity (Wildman–Crippen MR) is 80.2 cm³/mol. The molecule has 2 N–H and O–H groups in total. The monoisotopic (exact) mass is 265 g/mol. The number of nitrogens with two attached hydrogens (primary N) is 1. The summed E-state index contributed by atoms with van der Waals surface area (Å²) in [6, 6.07) is 1.92. The quantitative estimate of drug-likeness (QED) is 0.829. The largest absolute Gasteiger partial charge is 0.326 e. The first-order chi connectivity index (χ1) is 9.24. The lowest BCUT2D eigenvalue weighted by atomic mass is 9.83. The average Bonchev–Trinajstić information content (AvgIpc) is 2.92. The molecule has 110 valence electrons. The Bertz CT molecular complexity index is 288. The Morgan fingerprint density at radius 2 is 1.68 bits per heavy atom. The van der Waals surface area contributed by atoms with Gasteiger partial charge in [0.25, 0.3) is 0 Å². The van der Waals surface area contributed by atoms with Crippen LogP contribution in [0.25, 0.3) is 0 Å². The smallest absolute Gasteiger partial charge is 0.0250 e. The van der Waals surface area contributed by atoms with Crippen molar-refractivity contribution in [2.75, 3.05) is 26.2 Å². The molecule has 0 aromatic carbocycles. The zero-order valence-electron chi connectivity index (χ0n) is 12.6. The van der Waals surface area contributed by atoms with E-state index < -0.39 is 0 Å². The van der Waals surface area contributed by atoms with Gasteiger partial charge in [0, 0.05) is 31.2 Å². The lowest BCUT2D eigenvalue weighted by Gasteiger charge is -2.39. The Kier molecular flexibility index (Phi) is 4.45. The standard InChI is InChI=1S/C16H31N3/c1-13-5-6-15(17)16(11-13)19-10-7-14(12-19)18-8-3-2-4-9-18/h13-16H,2-12,17H2,1H3. The third-order valence-corrected chi connectivity index (χ3v) is 5.70. The summed E-state index contributed by atoms with van der Waals surface area (Å²) in [5, 5.41) is 0. The minimum Gasteiger partial charge on any atom is -0.326 e. The van der Waals surface area contributed by atoms with Crippen LogP contribution in [-0.2, 0) is 0 Å². The Labute approximate surface area is 118 Å². The number of likely N-dealkylation sites (tertiary alicyclic amines) is 2. The molecular weight excluding hydrogens is 234 g/mol. The van der Waals surface area contributed by atoms with Crippen molar-refractivity contribution in [3.8, 4) is 0 Å². The Hall–Kier alpha value is -0.120. The van der Waals surface area contributed by atoms with Gasteiger partial charge in [-0.1, -0.05) is 13.3 Å². The van der Waals surface area contributed by atoms with E-state index >= 15 is 0 Å². The maximum absolute atomic E-state index is 6.39. The summed E-state index contributed by atoms with van der Waals surface area (Å²) in [6.45, 7) is 7.64. The van der Waals surface area contributed by atoms with Crippen LogP contribution in [0.1, 0.15) is 51.9 Å². The lowest BCUT2D eigenvalue weighted by molar-refractivity contribution is 0.117. The van der Waals surface area contributed by atoms with Gasteiger partial charge in [0.15, 0.2) is 0 Å². The summed E-state index contributed by atoms with van der Waals surface area (Å²) < 4.78 is 0. The van der Waals surface area contributed by atoms with Gasteiger partial charge in [0.1, 0.15) is 0 Å². The predicted octanol–water partition coefficient (Wildman–Crippen LogP) is 2.06. The van der Waals surface area contributed by atoms with E-state index in [9.17, 15) is 0 Å². The van der Waals surface area contributed by atoms with E-state index in [2.05, 4.69) is 16.7 Å². The molecular formula is C16H31N3. The molecule has 2 saturated heterocycles. The number of nitrogens with zero attached hydrogens (tertiary/aromatic N) is 2. The zero-order chi connectivity index (χ0) is 13.2. The van der Waals surface area contributed by atoms with E-state index in [0.717, 1.165) is 12.0 Å². The number of piperidine rings is 1. The Morgan fingerprint density at radius 3 is 2.47 bits per heavy atom. The normalized spacial score (nSPS) is 42.6. The molecule has 0 aromatic heterocycles. The van der Waals surface area contributed by atoms with Crippen LogP contribution < -0.4 is 5.73 Å². The van der Waals surface area contributed by atoms with Gasteiger partial charge in [-0.05, 0) is 57.5 Å². The lowest BCUT2D eigenvalue weighted by Crippen LogP contribution is -2.51. The Balaban J connectivity index is 1.55. The highest BCUT2D eigenvalue weighted by molar-refractivity contribution is 4.94. The molecule has 4 atom stereocenters. The molecule has 0 spiro atoms. The summed E-state index contributed by atoms with van der Waals surface area (Å²) >= 11 is 0. The van der Waals surface area contributed by atoms with E-state index in [1.807, 2.05) is 0 Å². The number of hydrogen-bond donors (Lipinski definition) is 1. The molecule has 4 unspecified atom stereocenters. The van der Waals surface area contributed by atoms with Crippen molar-refractivity contribution in [1.82, 2.24) is 9.80 Å². The molecule has 1 saturated carbocycles. The molecule has 0 bridgehead atoms. The molecule has 3 rings (SSSR count). The van der Waals surface area contributed by atoms with Gasteiger partial charge in [-0.2, -0.15) is 0 Å². The molecule has 0 amide bonds. The number of rotatable bonds is 2. The van der Waals surface area contributed by atoms with Crippen LogP contribution in [-0.4, -0.2) is 54.1 Å². The maximum atomic E-state index is 6.39. The third-order valence-electron chi connectivity index (χ3n) is 5.70. The van der Waals surface area contributed by atoms with Crippen molar-refractivity contribution >= 4 is 0 Å². The molecule has 2 heterocycles. The van der Waals surface area contributed by atoms with Gasteiger partial charge < -0.3 is 5.73 Å². The summed E-state index contributed by atoms with van der Waals surface area (Å²) in [7, 11) is 0. The van der Waals surface area contributed by atoms with E-state index in [-0.39, 0.29) is 0 Å². The van der Waals surface area contributed by atoms with Crippen LogP contribution in [0.2, 0.25) is 0 Å². The van der Waals surface area contributed by atoms with Gasteiger partial charge in [0.2, 0.25) is 0 Å². The first kappa shape index (κ1) is 13.8. The molecule has 3 heteroatoms. The van der Waals surface area contributed by atoms with Gasteiger partial charge in [-0.3, -0.25) is 9.80 Å². The van der Waals surface area contributed by atoms with Crippen molar-refractivity contribution in [3.63, 3.8) is 0 Å². The summed E-state index contributed by atoms with van der Waals surface area (Å²) in [4.78, 5) is 5.47. The van der Waals surface area contributed by atoms with Gasteiger partial charge in [-0.15, -0.1) is 0 Å². The zero-order valence-corrected chi connectivity index (χ0v) is 12.6. The maximum Gasteiger partial charge on any atom is 0.0250 e.